The monoisotopic (exact) mass is 618 g/mol. The number of methoxy groups -OCH3 is 1. The molecule has 1 amide bonds. The highest BCUT2D eigenvalue weighted by Crippen LogP contribution is 2.58. The first kappa shape index (κ1) is 34.6. The van der Waals surface area contributed by atoms with E-state index in [1.807, 2.05) is 24.5 Å². The molecular formula is C37H54N4O4. The zero-order chi connectivity index (χ0) is 32.7. The summed E-state index contributed by atoms with van der Waals surface area (Å²) < 4.78 is 5.54. The standard InChI is InChI=1S/C36H50N4O2.CH4O2/c1-26-21-30(11-12-31(26)42-5)36-17-14-35(15-18-36,16-19-36)25-40(33(41)27-9-7-6-8-10-27)32-22-28(13-20-38-32)29(23-37)24-39-34(2,3)4;1-3-2/h11-13,20-24,27H,6-10,14-19,25,37H2,1-5H3;2H,1H3/b29-23+,39-24?;. The fourth-order valence-electron chi connectivity index (χ4n) is 7.54. The van der Waals surface area contributed by atoms with E-state index < -0.39 is 0 Å². The highest BCUT2D eigenvalue weighted by molar-refractivity contribution is 6.10. The number of amides is 1. The topological polar surface area (TPSA) is 110 Å². The molecule has 45 heavy (non-hydrogen) atoms. The van der Waals surface area contributed by atoms with Crippen molar-refractivity contribution >= 4 is 23.5 Å². The zero-order valence-corrected chi connectivity index (χ0v) is 28.3. The molecule has 1 aromatic heterocycles. The molecule has 4 aliphatic carbocycles. The average molecular weight is 619 g/mol. The Balaban J connectivity index is 0.00000148. The van der Waals surface area contributed by atoms with Crippen LogP contribution in [0.5, 0.6) is 5.75 Å². The highest BCUT2D eigenvalue weighted by Gasteiger charge is 2.50. The number of aliphatic imine (C=N–C) groups is 1. The van der Waals surface area contributed by atoms with Crippen molar-refractivity contribution in [3.63, 3.8) is 0 Å². The van der Waals surface area contributed by atoms with E-state index in [1.165, 1.54) is 43.9 Å². The van der Waals surface area contributed by atoms with Gasteiger partial charge in [-0.05, 0) is 125 Å². The van der Waals surface area contributed by atoms with Gasteiger partial charge in [-0.15, -0.1) is 0 Å². The van der Waals surface area contributed by atoms with Gasteiger partial charge in [-0.1, -0.05) is 31.4 Å². The van der Waals surface area contributed by atoms with Crippen molar-refractivity contribution in [3.05, 3.63) is 59.4 Å². The van der Waals surface area contributed by atoms with Crippen LogP contribution in [0.4, 0.5) is 5.82 Å². The molecule has 1 aromatic carbocycles. The maximum absolute atomic E-state index is 14.2. The van der Waals surface area contributed by atoms with Crippen LogP contribution in [0.25, 0.3) is 5.57 Å². The van der Waals surface area contributed by atoms with E-state index in [0.29, 0.717) is 0 Å². The molecule has 4 aliphatic rings. The number of benzene rings is 1. The van der Waals surface area contributed by atoms with Crippen molar-refractivity contribution in [1.29, 1.82) is 0 Å². The van der Waals surface area contributed by atoms with Crippen LogP contribution < -0.4 is 15.4 Å². The average Bonchev–Trinajstić information content (AvgIpc) is 3.05. The smallest absolute Gasteiger partial charge is 0.231 e. The molecule has 3 N–H and O–H groups in total. The summed E-state index contributed by atoms with van der Waals surface area (Å²) >= 11 is 0. The number of aryl methyl sites for hydroxylation is 1. The lowest BCUT2D eigenvalue weighted by Gasteiger charge is -2.55. The van der Waals surface area contributed by atoms with Gasteiger partial charge in [0, 0.05) is 36.6 Å². The Hall–Kier alpha value is -3.23. The number of carbonyl (C=O) groups excluding carboxylic acids is 1. The van der Waals surface area contributed by atoms with Crippen molar-refractivity contribution in [2.45, 2.75) is 109 Å². The number of nitrogens with two attached hydrogens (primary N) is 1. The first-order valence-corrected chi connectivity index (χ1v) is 16.6. The molecule has 8 nitrogen and oxygen atoms in total. The summed E-state index contributed by atoms with van der Waals surface area (Å²) in [6, 6.07) is 10.8. The van der Waals surface area contributed by atoms with Crippen molar-refractivity contribution in [3.8, 4) is 5.75 Å². The van der Waals surface area contributed by atoms with Gasteiger partial charge in [-0.3, -0.25) is 19.9 Å². The minimum atomic E-state index is -0.200. The van der Waals surface area contributed by atoms with Gasteiger partial charge in [0.25, 0.3) is 0 Å². The quantitative estimate of drug-likeness (QED) is 0.177. The highest BCUT2D eigenvalue weighted by atomic mass is 17.1. The second-order valence-electron chi connectivity index (χ2n) is 14.4. The number of rotatable bonds is 8. The normalized spacial score (nSPS) is 23.8. The van der Waals surface area contributed by atoms with E-state index in [4.69, 9.17) is 20.7 Å². The SMILES string of the molecule is COO.COc1ccc(C23CCC(CN(C(=O)C4CCCCC4)c4cc(/C(C=NC(C)(C)C)=C/N)ccn4)(CC2)CC3)cc1C. The van der Waals surface area contributed by atoms with E-state index in [1.54, 1.807) is 13.3 Å². The van der Waals surface area contributed by atoms with E-state index in [9.17, 15) is 4.79 Å². The van der Waals surface area contributed by atoms with Gasteiger partial charge >= 0.3 is 0 Å². The van der Waals surface area contributed by atoms with Crippen molar-refractivity contribution in [2.75, 3.05) is 25.7 Å². The van der Waals surface area contributed by atoms with Crippen LogP contribution in [-0.4, -0.2) is 48.7 Å². The number of pyridine rings is 1. The van der Waals surface area contributed by atoms with Crippen molar-refractivity contribution in [1.82, 2.24) is 4.98 Å². The van der Waals surface area contributed by atoms with Gasteiger partial charge in [-0.2, -0.15) is 0 Å². The molecule has 0 unspecified atom stereocenters. The number of hydrogen-bond acceptors (Lipinski definition) is 7. The molecule has 0 spiro atoms. The third-order valence-electron chi connectivity index (χ3n) is 10.2. The summed E-state index contributed by atoms with van der Waals surface area (Å²) in [5.41, 5.74) is 10.7. The number of aromatic nitrogens is 1. The zero-order valence-electron chi connectivity index (χ0n) is 28.3. The number of allylic oxidation sites excluding steroid dienone is 1. The fraction of sp³-hybridized carbons (Fsp3) is 0.595. The van der Waals surface area contributed by atoms with Crippen molar-refractivity contribution < 1.29 is 19.7 Å². The van der Waals surface area contributed by atoms with Crippen LogP contribution in [0.3, 0.4) is 0 Å². The molecule has 8 heteroatoms. The Morgan fingerprint density at radius 1 is 1.07 bits per heavy atom. The van der Waals surface area contributed by atoms with Gasteiger partial charge in [-0.25, -0.2) is 9.87 Å². The Morgan fingerprint density at radius 3 is 2.27 bits per heavy atom. The lowest BCUT2D eigenvalue weighted by Crippen LogP contribution is -2.51. The van der Waals surface area contributed by atoms with Gasteiger partial charge in [0.05, 0.1) is 19.8 Å². The first-order chi connectivity index (χ1) is 21.5. The fourth-order valence-corrected chi connectivity index (χ4v) is 7.54. The molecule has 0 aliphatic heterocycles. The van der Waals surface area contributed by atoms with Gasteiger partial charge in [0.1, 0.15) is 11.6 Å². The predicted octanol–water partition coefficient (Wildman–Crippen LogP) is 7.88. The van der Waals surface area contributed by atoms with Gasteiger partial charge in [0.2, 0.25) is 5.91 Å². The molecule has 6 rings (SSSR count). The Kier molecular flexibility index (Phi) is 11.5. The molecule has 4 fully saturated rings. The minimum absolute atomic E-state index is 0.0844. The van der Waals surface area contributed by atoms with Crippen LogP contribution in [0.1, 0.15) is 108 Å². The molecule has 0 radical (unpaired) electrons. The number of hydrogen-bond donors (Lipinski definition) is 2. The molecule has 0 atom stereocenters. The molecule has 0 saturated heterocycles. The van der Waals surface area contributed by atoms with Crippen LogP contribution in [0, 0.1) is 18.3 Å². The summed E-state index contributed by atoms with van der Waals surface area (Å²) in [6.45, 7) is 9.09. The maximum Gasteiger partial charge on any atom is 0.231 e. The van der Waals surface area contributed by atoms with Crippen LogP contribution in [-0.2, 0) is 15.1 Å². The molecule has 2 bridgehead atoms. The maximum atomic E-state index is 14.2. The Morgan fingerprint density at radius 2 is 1.71 bits per heavy atom. The van der Waals surface area contributed by atoms with E-state index in [-0.39, 0.29) is 28.2 Å². The summed E-state index contributed by atoms with van der Waals surface area (Å²) in [5.74, 6) is 2.04. The van der Waals surface area contributed by atoms with E-state index in [0.717, 1.165) is 74.2 Å². The number of anilines is 1. The summed E-state index contributed by atoms with van der Waals surface area (Å²) in [4.78, 5) is 29.0. The molecule has 1 heterocycles. The lowest BCUT2D eigenvalue weighted by molar-refractivity contribution is -0.214. The largest absolute Gasteiger partial charge is 0.496 e. The molecular weight excluding hydrogens is 564 g/mol. The molecule has 4 saturated carbocycles. The molecule has 2 aromatic rings. The van der Waals surface area contributed by atoms with Gasteiger partial charge < -0.3 is 10.5 Å². The third kappa shape index (κ3) is 8.33. The number of carbonyl (C=O) groups is 1. The van der Waals surface area contributed by atoms with Crippen LogP contribution in [0.15, 0.2) is 47.7 Å². The molecule has 246 valence electrons. The van der Waals surface area contributed by atoms with E-state index in [2.05, 4.69) is 60.7 Å². The van der Waals surface area contributed by atoms with E-state index >= 15 is 0 Å². The van der Waals surface area contributed by atoms with Crippen molar-refractivity contribution in [2.24, 2.45) is 22.1 Å². The van der Waals surface area contributed by atoms with Crippen LogP contribution >= 0.6 is 0 Å². The second kappa shape index (κ2) is 14.9. The number of fused-ring (bicyclic) bond motifs is 3. The Bertz CT molecular complexity index is 1330. The summed E-state index contributed by atoms with van der Waals surface area (Å²) in [7, 11) is 2.92. The van der Waals surface area contributed by atoms with Gasteiger partial charge in [0.15, 0.2) is 0 Å². The third-order valence-corrected chi connectivity index (χ3v) is 10.2. The van der Waals surface area contributed by atoms with Crippen LogP contribution in [0.2, 0.25) is 0 Å². The first-order valence-electron chi connectivity index (χ1n) is 16.6. The second-order valence-corrected chi connectivity index (χ2v) is 14.4. The number of nitrogens with zero attached hydrogens (tertiary/aromatic N) is 3. The predicted molar refractivity (Wildman–Crippen MR) is 183 cm³/mol. The summed E-state index contributed by atoms with van der Waals surface area (Å²) in [5, 5.41) is 7.07. The summed E-state index contributed by atoms with van der Waals surface area (Å²) in [6.07, 6.45) is 17.6. The minimum Gasteiger partial charge on any atom is -0.496 e. The number of ether oxygens (including phenoxy) is 1. The Labute approximate surface area is 270 Å². The lowest BCUT2D eigenvalue weighted by atomic mass is 9.51.